The number of nitrogens with one attached hydrogen (secondary N) is 1. The highest BCUT2D eigenvalue weighted by Crippen LogP contribution is 2.21. The molecule has 0 amide bonds. The second kappa shape index (κ2) is 6.81. The maximum atomic E-state index is 5.64. The predicted octanol–water partition coefficient (Wildman–Crippen LogP) is 4.70. The van der Waals surface area contributed by atoms with E-state index in [0.29, 0.717) is 6.61 Å². The third kappa shape index (κ3) is 4.03. The van der Waals surface area contributed by atoms with E-state index >= 15 is 0 Å². The summed E-state index contributed by atoms with van der Waals surface area (Å²) < 4.78 is 7.73. The third-order valence-electron chi connectivity index (χ3n) is 2.36. The number of ether oxygens (including phenoxy) is 1. The first kappa shape index (κ1) is 13.4. The van der Waals surface area contributed by atoms with Crippen molar-refractivity contribution in [2.24, 2.45) is 0 Å². The lowest BCUT2D eigenvalue weighted by Gasteiger charge is -2.10. The lowest BCUT2D eigenvalue weighted by Crippen LogP contribution is -2.11. The van der Waals surface area contributed by atoms with Crippen LogP contribution in [0, 0.1) is 0 Å². The molecule has 0 aliphatic carbocycles. The van der Waals surface area contributed by atoms with Gasteiger partial charge in [0.25, 0.3) is 0 Å². The van der Waals surface area contributed by atoms with Gasteiger partial charge >= 0.3 is 0 Å². The van der Waals surface area contributed by atoms with Gasteiger partial charge < -0.3 is 10.1 Å². The number of anilines is 1. The van der Waals surface area contributed by atoms with Gasteiger partial charge in [-0.1, -0.05) is 34.1 Å². The molecule has 0 atom stereocenters. The molecule has 2 rings (SSSR count). The zero-order valence-corrected chi connectivity index (χ0v) is 12.9. The highest BCUT2D eigenvalue weighted by atomic mass is 79.9. The molecule has 2 nitrogen and oxygen atoms in total. The molecular weight excluding hydrogens is 358 g/mol. The molecule has 0 aromatic heterocycles. The van der Waals surface area contributed by atoms with Gasteiger partial charge in [0.15, 0.2) is 0 Å². The van der Waals surface area contributed by atoms with Gasteiger partial charge in [0, 0.05) is 21.2 Å². The van der Waals surface area contributed by atoms with Gasteiger partial charge in [-0.15, -0.1) is 0 Å². The number of hydrogen-bond donors (Lipinski definition) is 1. The van der Waals surface area contributed by atoms with Gasteiger partial charge in [-0.3, -0.25) is 0 Å². The van der Waals surface area contributed by atoms with Crippen molar-refractivity contribution in [2.45, 2.75) is 0 Å². The van der Waals surface area contributed by atoms with E-state index < -0.39 is 0 Å². The van der Waals surface area contributed by atoms with Gasteiger partial charge in [-0.05, 0) is 46.3 Å². The summed E-state index contributed by atoms with van der Waals surface area (Å²) in [7, 11) is 0. The van der Waals surface area contributed by atoms with Crippen LogP contribution < -0.4 is 10.1 Å². The van der Waals surface area contributed by atoms with Crippen LogP contribution in [0.25, 0.3) is 0 Å². The molecule has 2 aromatic rings. The summed E-state index contributed by atoms with van der Waals surface area (Å²) in [5, 5.41) is 3.31. The Balaban J connectivity index is 1.78. The Kier molecular flexibility index (Phi) is 5.08. The van der Waals surface area contributed by atoms with Crippen LogP contribution in [0.15, 0.2) is 57.5 Å². The summed E-state index contributed by atoms with van der Waals surface area (Å²) in [6.45, 7) is 1.38. The lowest BCUT2D eigenvalue weighted by molar-refractivity contribution is 0.332. The minimum Gasteiger partial charge on any atom is -0.492 e. The largest absolute Gasteiger partial charge is 0.492 e. The Morgan fingerprint density at radius 2 is 1.83 bits per heavy atom. The molecule has 0 heterocycles. The molecule has 0 spiro atoms. The molecule has 4 heteroatoms. The maximum Gasteiger partial charge on any atom is 0.120 e. The fourth-order valence-corrected chi connectivity index (χ4v) is 2.32. The fourth-order valence-electron chi connectivity index (χ4n) is 1.52. The summed E-state index contributed by atoms with van der Waals surface area (Å²) in [6.07, 6.45) is 0. The van der Waals surface area contributed by atoms with E-state index in [4.69, 9.17) is 4.74 Å². The van der Waals surface area contributed by atoms with E-state index in [-0.39, 0.29) is 0 Å². The minimum atomic E-state index is 0.623. The second-order valence-electron chi connectivity index (χ2n) is 3.71. The molecular formula is C14H13Br2NO. The quantitative estimate of drug-likeness (QED) is 0.770. The van der Waals surface area contributed by atoms with E-state index in [1.54, 1.807) is 0 Å². The average molecular weight is 371 g/mol. The van der Waals surface area contributed by atoms with Crippen LogP contribution in [0.5, 0.6) is 5.75 Å². The number of para-hydroxylation sites is 1. The first-order valence-electron chi connectivity index (χ1n) is 5.62. The summed E-state index contributed by atoms with van der Waals surface area (Å²) in [5.41, 5.74) is 1.08. The van der Waals surface area contributed by atoms with E-state index in [0.717, 1.165) is 26.9 Å². The summed E-state index contributed by atoms with van der Waals surface area (Å²) >= 11 is 6.91. The van der Waals surface area contributed by atoms with E-state index in [2.05, 4.69) is 37.2 Å². The Morgan fingerprint density at radius 1 is 1.00 bits per heavy atom. The number of hydrogen-bond acceptors (Lipinski definition) is 2. The first-order chi connectivity index (χ1) is 8.75. The summed E-state index contributed by atoms with van der Waals surface area (Å²) in [6, 6.07) is 15.9. The molecule has 0 radical (unpaired) electrons. The molecule has 0 fully saturated rings. The monoisotopic (exact) mass is 369 g/mol. The molecule has 94 valence electrons. The SMILES string of the molecule is Brc1cccc(OCCNc2ccccc2Br)c1. The van der Waals surface area contributed by atoms with Crippen molar-refractivity contribution in [1.82, 2.24) is 0 Å². The van der Waals surface area contributed by atoms with Crippen molar-refractivity contribution in [2.75, 3.05) is 18.5 Å². The molecule has 1 N–H and O–H groups in total. The molecule has 0 bridgehead atoms. The van der Waals surface area contributed by atoms with Gasteiger partial charge in [0.05, 0.1) is 0 Å². The maximum absolute atomic E-state index is 5.64. The zero-order chi connectivity index (χ0) is 12.8. The van der Waals surface area contributed by atoms with Crippen LogP contribution in [0.3, 0.4) is 0 Å². The molecule has 2 aromatic carbocycles. The topological polar surface area (TPSA) is 21.3 Å². The number of halogens is 2. The number of benzene rings is 2. The second-order valence-corrected chi connectivity index (χ2v) is 5.48. The standard InChI is InChI=1S/C14H13Br2NO/c15-11-4-3-5-12(10-11)18-9-8-17-14-7-2-1-6-13(14)16/h1-7,10,17H,8-9H2. The van der Waals surface area contributed by atoms with Crippen molar-refractivity contribution in [1.29, 1.82) is 0 Å². The molecule has 0 aliphatic rings. The highest BCUT2D eigenvalue weighted by Gasteiger charge is 1.97. The predicted molar refractivity (Wildman–Crippen MR) is 82.3 cm³/mol. The Hall–Kier alpha value is -1.00. The van der Waals surface area contributed by atoms with Crippen molar-refractivity contribution >= 4 is 37.5 Å². The van der Waals surface area contributed by atoms with Crippen LogP contribution in [0.4, 0.5) is 5.69 Å². The fraction of sp³-hybridized carbons (Fsp3) is 0.143. The normalized spacial score (nSPS) is 10.1. The smallest absolute Gasteiger partial charge is 0.120 e. The zero-order valence-electron chi connectivity index (χ0n) is 9.70. The van der Waals surface area contributed by atoms with Gasteiger partial charge in [0.1, 0.15) is 12.4 Å². The highest BCUT2D eigenvalue weighted by molar-refractivity contribution is 9.10. The van der Waals surface area contributed by atoms with Gasteiger partial charge in [-0.25, -0.2) is 0 Å². The van der Waals surface area contributed by atoms with E-state index in [1.165, 1.54) is 0 Å². The molecule has 0 saturated carbocycles. The van der Waals surface area contributed by atoms with Crippen molar-refractivity contribution in [3.8, 4) is 5.75 Å². The van der Waals surface area contributed by atoms with Crippen LogP contribution >= 0.6 is 31.9 Å². The molecule has 18 heavy (non-hydrogen) atoms. The Morgan fingerprint density at radius 3 is 2.61 bits per heavy atom. The minimum absolute atomic E-state index is 0.623. The molecule has 0 unspecified atom stereocenters. The van der Waals surface area contributed by atoms with Crippen LogP contribution in [-0.4, -0.2) is 13.2 Å². The van der Waals surface area contributed by atoms with Crippen molar-refractivity contribution in [3.63, 3.8) is 0 Å². The van der Waals surface area contributed by atoms with Gasteiger partial charge in [-0.2, -0.15) is 0 Å². The van der Waals surface area contributed by atoms with Gasteiger partial charge in [0.2, 0.25) is 0 Å². The Bertz CT molecular complexity index is 517. The van der Waals surface area contributed by atoms with Crippen LogP contribution in [-0.2, 0) is 0 Å². The van der Waals surface area contributed by atoms with Crippen molar-refractivity contribution < 1.29 is 4.74 Å². The first-order valence-corrected chi connectivity index (χ1v) is 7.21. The molecule has 0 aliphatic heterocycles. The third-order valence-corrected chi connectivity index (χ3v) is 3.54. The lowest BCUT2D eigenvalue weighted by atomic mass is 10.3. The number of rotatable bonds is 5. The summed E-state index contributed by atoms with van der Waals surface area (Å²) in [5.74, 6) is 0.873. The summed E-state index contributed by atoms with van der Waals surface area (Å²) in [4.78, 5) is 0. The van der Waals surface area contributed by atoms with Crippen LogP contribution in [0.1, 0.15) is 0 Å². The van der Waals surface area contributed by atoms with Crippen LogP contribution in [0.2, 0.25) is 0 Å². The Labute approximate surface area is 124 Å². The van der Waals surface area contributed by atoms with Crippen molar-refractivity contribution in [3.05, 3.63) is 57.5 Å². The molecule has 0 saturated heterocycles. The van der Waals surface area contributed by atoms with E-state index in [1.807, 2.05) is 48.5 Å². The van der Waals surface area contributed by atoms with E-state index in [9.17, 15) is 0 Å². The average Bonchev–Trinajstić information content (AvgIpc) is 2.37.